The third-order valence-electron chi connectivity index (χ3n) is 3.44. The number of likely N-dealkylation sites (N-methyl/N-ethyl adjacent to an activating group) is 1. The lowest BCUT2D eigenvalue weighted by atomic mass is 9.81. The highest BCUT2D eigenvalue weighted by Crippen LogP contribution is 2.31. The van der Waals surface area contributed by atoms with Crippen LogP contribution in [0.5, 0.6) is 0 Å². The van der Waals surface area contributed by atoms with Gasteiger partial charge in [0.25, 0.3) is 11.7 Å². The van der Waals surface area contributed by atoms with Crippen LogP contribution in [-0.4, -0.2) is 38.0 Å². The van der Waals surface area contributed by atoms with Gasteiger partial charge in [-0.3, -0.25) is 9.59 Å². The molecule has 0 aromatic heterocycles. The molecular weight excluding hydrogens is 215 g/mol. The Morgan fingerprint density at radius 2 is 2.12 bits per heavy atom. The van der Waals surface area contributed by atoms with E-state index in [-0.39, 0.29) is 0 Å². The van der Waals surface area contributed by atoms with Crippen LogP contribution in [0, 0.1) is 0 Å². The van der Waals surface area contributed by atoms with Crippen molar-refractivity contribution in [3.63, 3.8) is 0 Å². The molecule has 5 heteroatoms. The predicted octanol–water partition coefficient (Wildman–Crippen LogP) is -0.397. The zero-order valence-electron chi connectivity index (χ0n) is 9.54. The van der Waals surface area contributed by atoms with Crippen LogP contribution >= 0.6 is 0 Å². The summed E-state index contributed by atoms with van der Waals surface area (Å²) in [5.41, 5.74) is 3.76. The number of nitrogens with zero attached hydrogens (tertiary/aromatic N) is 1. The molecule has 0 aliphatic carbocycles. The van der Waals surface area contributed by atoms with Crippen molar-refractivity contribution in [2.75, 3.05) is 18.9 Å². The zero-order chi connectivity index (χ0) is 12.2. The van der Waals surface area contributed by atoms with Crippen molar-refractivity contribution < 1.29 is 9.59 Å². The highest BCUT2D eigenvalue weighted by Gasteiger charge is 2.33. The fourth-order valence-corrected chi connectivity index (χ4v) is 2.54. The van der Waals surface area contributed by atoms with E-state index in [9.17, 15) is 9.59 Å². The maximum Gasteiger partial charge on any atom is 0.296 e. The van der Waals surface area contributed by atoms with E-state index in [0.717, 1.165) is 30.6 Å². The topological polar surface area (TPSA) is 49.4 Å². The second kappa shape index (κ2) is 3.44. The van der Waals surface area contributed by atoms with E-state index in [1.165, 1.54) is 0 Å². The van der Waals surface area contributed by atoms with Gasteiger partial charge in [-0.05, 0) is 24.6 Å². The SMILES string of the molecule is [B]c1cc2c(c3c1CCN(C)C3)NC(=O)C2=O. The first-order chi connectivity index (χ1) is 8.08. The minimum Gasteiger partial charge on any atom is -0.318 e. The zero-order valence-corrected chi connectivity index (χ0v) is 9.54. The first-order valence-corrected chi connectivity index (χ1v) is 5.56. The maximum atomic E-state index is 11.6. The summed E-state index contributed by atoms with van der Waals surface area (Å²) in [6.07, 6.45) is 0.856. The molecule has 0 bridgehead atoms. The smallest absolute Gasteiger partial charge is 0.296 e. The van der Waals surface area contributed by atoms with Gasteiger partial charge in [0.15, 0.2) is 0 Å². The summed E-state index contributed by atoms with van der Waals surface area (Å²) in [5, 5.41) is 2.65. The summed E-state index contributed by atoms with van der Waals surface area (Å²) in [6.45, 7) is 1.66. The van der Waals surface area contributed by atoms with Crippen LogP contribution in [-0.2, 0) is 17.8 Å². The molecule has 1 amide bonds. The Labute approximate surface area is 100 Å². The minimum absolute atomic E-state index is 0.418. The van der Waals surface area contributed by atoms with Crippen LogP contribution in [0.3, 0.4) is 0 Å². The summed E-state index contributed by atoms with van der Waals surface area (Å²) >= 11 is 0. The highest BCUT2D eigenvalue weighted by molar-refractivity contribution is 6.52. The lowest BCUT2D eigenvalue weighted by Crippen LogP contribution is -2.31. The van der Waals surface area contributed by atoms with Crippen molar-refractivity contribution in [2.24, 2.45) is 0 Å². The summed E-state index contributed by atoms with van der Waals surface area (Å²) < 4.78 is 0. The van der Waals surface area contributed by atoms with Crippen LogP contribution in [0.4, 0.5) is 5.69 Å². The highest BCUT2D eigenvalue weighted by atomic mass is 16.2. The number of rotatable bonds is 0. The van der Waals surface area contributed by atoms with E-state index in [2.05, 4.69) is 10.2 Å². The molecule has 2 aliphatic heterocycles. The number of fused-ring (bicyclic) bond motifs is 3. The first kappa shape index (κ1) is 10.5. The summed E-state index contributed by atoms with van der Waals surface area (Å²) in [6, 6.07) is 1.62. The van der Waals surface area contributed by atoms with E-state index in [4.69, 9.17) is 7.85 Å². The fourth-order valence-electron chi connectivity index (χ4n) is 2.54. The lowest BCUT2D eigenvalue weighted by Gasteiger charge is -2.28. The molecule has 3 rings (SSSR count). The summed E-state index contributed by atoms with van der Waals surface area (Å²) in [4.78, 5) is 25.2. The number of Topliss-reactive ketones (excluding diaryl/α,β-unsaturated/α-hetero) is 1. The molecule has 84 valence electrons. The monoisotopic (exact) mass is 226 g/mol. The van der Waals surface area contributed by atoms with Crippen molar-refractivity contribution in [1.29, 1.82) is 0 Å². The van der Waals surface area contributed by atoms with Gasteiger partial charge in [0.05, 0.1) is 11.3 Å². The summed E-state index contributed by atoms with van der Waals surface area (Å²) in [5.74, 6) is -1.04. The van der Waals surface area contributed by atoms with E-state index in [0.29, 0.717) is 16.7 Å². The standard InChI is InChI=1S/C12H11BN2O2/c1-15-3-2-6-8(5-15)10-7(4-9(6)13)11(16)12(17)14-10/h4H,2-3,5H2,1H3,(H,14,16,17). The van der Waals surface area contributed by atoms with Crippen LogP contribution in [0.2, 0.25) is 0 Å². The molecule has 0 saturated heterocycles. The Balaban J connectivity index is 2.24. The normalized spacial score (nSPS) is 18.9. The number of carbonyl (C=O) groups is 2. The fraction of sp³-hybridized carbons (Fsp3) is 0.333. The third kappa shape index (κ3) is 1.42. The molecule has 4 nitrogen and oxygen atoms in total. The second-order valence-electron chi connectivity index (χ2n) is 4.62. The molecular formula is C12H11BN2O2. The van der Waals surface area contributed by atoms with Gasteiger partial charge in [-0.1, -0.05) is 11.5 Å². The average Bonchev–Trinajstić information content (AvgIpc) is 2.57. The van der Waals surface area contributed by atoms with Gasteiger partial charge < -0.3 is 10.2 Å². The molecule has 0 atom stereocenters. The van der Waals surface area contributed by atoms with E-state index in [1.807, 2.05) is 7.05 Å². The van der Waals surface area contributed by atoms with Crippen molar-refractivity contribution in [3.05, 3.63) is 22.8 Å². The van der Waals surface area contributed by atoms with E-state index < -0.39 is 11.7 Å². The Bertz CT molecular complexity index is 554. The maximum absolute atomic E-state index is 11.6. The average molecular weight is 226 g/mol. The Morgan fingerprint density at radius 1 is 1.35 bits per heavy atom. The van der Waals surface area contributed by atoms with E-state index in [1.54, 1.807) is 6.07 Å². The molecule has 0 unspecified atom stereocenters. The van der Waals surface area contributed by atoms with Gasteiger partial charge in [0, 0.05) is 13.1 Å². The number of anilines is 1. The second-order valence-corrected chi connectivity index (χ2v) is 4.62. The lowest BCUT2D eigenvalue weighted by molar-refractivity contribution is -0.112. The Kier molecular flexibility index (Phi) is 2.13. The number of hydrogen-bond donors (Lipinski definition) is 1. The van der Waals surface area contributed by atoms with E-state index >= 15 is 0 Å². The number of hydrogen-bond acceptors (Lipinski definition) is 3. The molecule has 1 aromatic rings. The number of nitrogens with one attached hydrogen (secondary N) is 1. The quantitative estimate of drug-likeness (QED) is 0.483. The first-order valence-electron chi connectivity index (χ1n) is 5.56. The number of ketones is 1. The van der Waals surface area contributed by atoms with Crippen LogP contribution < -0.4 is 10.8 Å². The van der Waals surface area contributed by atoms with Gasteiger partial charge in [-0.25, -0.2) is 0 Å². The van der Waals surface area contributed by atoms with Crippen molar-refractivity contribution in [1.82, 2.24) is 4.90 Å². The van der Waals surface area contributed by atoms with Crippen LogP contribution in [0.15, 0.2) is 6.07 Å². The molecule has 2 radical (unpaired) electrons. The predicted molar refractivity (Wildman–Crippen MR) is 64.8 cm³/mol. The molecule has 1 N–H and O–H groups in total. The number of carbonyl (C=O) groups excluding carboxylic acids is 2. The molecule has 2 aliphatic rings. The minimum atomic E-state index is -0.555. The van der Waals surface area contributed by atoms with Gasteiger partial charge in [0.2, 0.25) is 0 Å². The van der Waals surface area contributed by atoms with Gasteiger partial charge >= 0.3 is 0 Å². The van der Waals surface area contributed by atoms with Crippen molar-refractivity contribution in [2.45, 2.75) is 13.0 Å². The molecule has 0 saturated carbocycles. The number of amides is 1. The molecule has 1 aromatic carbocycles. The molecule has 2 heterocycles. The van der Waals surface area contributed by atoms with Gasteiger partial charge in [-0.15, -0.1) is 0 Å². The number of benzene rings is 1. The Hall–Kier alpha value is -1.62. The Morgan fingerprint density at radius 3 is 2.88 bits per heavy atom. The third-order valence-corrected chi connectivity index (χ3v) is 3.44. The van der Waals surface area contributed by atoms with Crippen LogP contribution in [0.1, 0.15) is 21.5 Å². The molecule has 17 heavy (non-hydrogen) atoms. The van der Waals surface area contributed by atoms with Crippen LogP contribution in [0.25, 0.3) is 0 Å². The van der Waals surface area contributed by atoms with Gasteiger partial charge in [-0.2, -0.15) is 0 Å². The largest absolute Gasteiger partial charge is 0.318 e. The summed E-state index contributed by atoms with van der Waals surface area (Å²) in [7, 11) is 7.97. The molecule has 0 spiro atoms. The van der Waals surface area contributed by atoms with Crippen molar-refractivity contribution >= 4 is 30.7 Å². The van der Waals surface area contributed by atoms with Gasteiger partial charge in [0.1, 0.15) is 7.85 Å². The van der Waals surface area contributed by atoms with Crippen molar-refractivity contribution in [3.8, 4) is 0 Å². The molecule has 0 fully saturated rings.